The van der Waals surface area contributed by atoms with Gasteiger partial charge in [0.05, 0.1) is 6.61 Å². The fourth-order valence-corrected chi connectivity index (χ4v) is 1.95. The lowest BCUT2D eigenvalue weighted by atomic mass is 10.3. The van der Waals surface area contributed by atoms with Crippen LogP contribution in [0.3, 0.4) is 0 Å². The third-order valence-electron chi connectivity index (χ3n) is 3.05. The molecular weight excluding hydrogens is 228 g/mol. The van der Waals surface area contributed by atoms with Crippen LogP contribution < -0.4 is 5.32 Å². The standard InChI is InChI=1S/C13H26N4O/c1-5-16(6-2)11-12(3)15-13-14-7-8-17(13)9-10-18-4/h7-8,12H,5-6,9-11H2,1-4H3,(H,14,15). The molecule has 0 fully saturated rings. The first-order valence-electron chi connectivity index (χ1n) is 6.70. The number of ether oxygens (including phenoxy) is 1. The van der Waals surface area contributed by atoms with E-state index >= 15 is 0 Å². The van der Waals surface area contributed by atoms with Crippen molar-refractivity contribution in [3.63, 3.8) is 0 Å². The van der Waals surface area contributed by atoms with Crippen molar-refractivity contribution in [3.05, 3.63) is 12.4 Å². The van der Waals surface area contributed by atoms with Crippen LogP contribution in [0.1, 0.15) is 20.8 Å². The average Bonchev–Trinajstić information content (AvgIpc) is 2.80. The van der Waals surface area contributed by atoms with E-state index < -0.39 is 0 Å². The Labute approximate surface area is 110 Å². The summed E-state index contributed by atoms with van der Waals surface area (Å²) in [7, 11) is 1.72. The Morgan fingerprint density at radius 3 is 2.78 bits per heavy atom. The molecule has 1 aromatic rings. The number of hydrogen-bond donors (Lipinski definition) is 1. The Morgan fingerprint density at radius 2 is 2.17 bits per heavy atom. The zero-order chi connectivity index (χ0) is 13.4. The lowest BCUT2D eigenvalue weighted by Gasteiger charge is -2.24. The number of anilines is 1. The molecule has 1 atom stereocenters. The Hall–Kier alpha value is -1.07. The fourth-order valence-electron chi connectivity index (χ4n) is 1.95. The summed E-state index contributed by atoms with van der Waals surface area (Å²) < 4.78 is 7.18. The second kappa shape index (κ2) is 8.11. The number of aromatic nitrogens is 2. The van der Waals surface area contributed by atoms with E-state index in [0.29, 0.717) is 12.6 Å². The molecule has 1 aromatic heterocycles. The van der Waals surface area contributed by atoms with Gasteiger partial charge in [0.25, 0.3) is 0 Å². The van der Waals surface area contributed by atoms with Gasteiger partial charge >= 0.3 is 0 Å². The van der Waals surface area contributed by atoms with Crippen molar-refractivity contribution in [3.8, 4) is 0 Å². The molecule has 0 saturated heterocycles. The highest BCUT2D eigenvalue weighted by atomic mass is 16.5. The summed E-state index contributed by atoms with van der Waals surface area (Å²) >= 11 is 0. The maximum absolute atomic E-state index is 5.09. The number of methoxy groups -OCH3 is 1. The Balaban J connectivity index is 2.48. The van der Waals surface area contributed by atoms with Crippen molar-refractivity contribution in [2.75, 3.05) is 38.7 Å². The molecule has 0 saturated carbocycles. The molecule has 0 spiro atoms. The van der Waals surface area contributed by atoms with Gasteiger partial charge in [0, 0.05) is 38.6 Å². The van der Waals surface area contributed by atoms with E-state index in [1.165, 1.54) is 0 Å². The topological polar surface area (TPSA) is 42.3 Å². The summed E-state index contributed by atoms with van der Waals surface area (Å²) in [6.45, 7) is 11.3. The van der Waals surface area contributed by atoms with Crippen molar-refractivity contribution in [1.82, 2.24) is 14.5 Å². The smallest absolute Gasteiger partial charge is 0.203 e. The summed E-state index contributed by atoms with van der Waals surface area (Å²) in [6, 6.07) is 0.383. The van der Waals surface area contributed by atoms with Gasteiger partial charge in [-0.1, -0.05) is 13.8 Å². The molecule has 104 valence electrons. The minimum absolute atomic E-state index is 0.383. The minimum Gasteiger partial charge on any atom is -0.383 e. The molecule has 0 aliphatic heterocycles. The summed E-state index contributed by atoms with van der Waals surface area (Å²) in [6.07, 6.45) is 3.80. The maximum Gasteiger partial charge on any atom is 0.203 e. The third kappa shape index (κ3) is 4.66. The molecule has 1 rings (SSSR count). The van der Waals surface area contributed by atoms with Gasteiger partial charge in [-0.15, -0.1) is 0 Å². The van der Waals surface area contributed by atoms with Gasteiger partial charge in [0.2, 0.25) is 5.95 Å². The summed E-state index contributed by atoms with van der Waals surface area (Å²) in [5.41, 5.74) is 0. The fraction of sp³-hybridized carbons (Fsp3) is 0.769. The molecule has 5 nitrogen and oxygen atoms in total. The molecule has 0 aromatic carbocycles. The van der Waals surface area contributed by atoms with Crippen LogP contribution in [0.2, 0.25) is 0 Å². The first-order valence-corrected chi connectivity index (χ1v) is 6.70. The van der Waals surface area contributed by atoms with Crippen LogP contribution in [0.4, 0.5) is 5.95 Å². The second-order valence-electron chi connectivity index (χ2n) is 4.47. The van der Waals surface area contributed by atoms with Crippen LogP contribution in [0.15, 0.2) is 12.4 Å². The molecule has 1 N–H and O–H groups in total. The van der Waals surface area contributed by atoms with Gasteiger partial charge in [-0.2, -0.15) is 0 Å². The predicted octanol–water partition coefficient (Wildman–Crippen LogP) is 1.67. The van der Waals surface area contributed by atoms with Crippen molar-refractivity contribution in [2.24, 2.45) is 0 Å². The van der Waals surface area contributed by atoms with E-state index in [2.05, 4.69) is 40.5 Å². The SMILES string of the molecule is CCN(CC)CC(C)Nc1nccn1CCOC. The molecule has 0 bridgehead atoms. The van der Waals surface area contributed by atoms with Gasteiger partial charge < -0.3 is 19.5 Å². The number of likely N-dealkylation sites (N-methyl/N-ethyl adjacent to an activating group) is 1. The van der Waals surface area contributed by atoms with E-state index in [0.717, 1.165) is 32.1 Å². The highest BCUT2D eigenvalue weighted by molar-refractivity contribution is 5.27. The zero-order valence-electron chi connectivity index (χ0n) is 12.0. The highest BCUT2D eigenvalue weighted by Crippen LogP contribution is 2.07. The van der Waals surface area contributed by atoms with Crippen molar-refractivity contribution >= 4 is 5.95 Å². The number of nitrogens with one attached hydrogen (secondary N) is 1. The quantitative estimate of drug-likeness (QED) is 0.728. The molecule has 0 aliphatic carbocycles. The molecule has 18 heavy (non-hydrogen) atoms. The van der Waals surface area contributed by atoms with Crippen molar-refractivity contribution < 1.29 is 4.74 Å². The molecule has 1 unspecified atom stereocenters. The summed E-state index contributed by atoms with van der Waals surface area (Å²) in [5.74, 6) is 0.923. The van der Waals surface area contributed by atoms with E-state index in [1.807, 2.05) is 12.4 Å². The van der Waals surface area contributed by atoms with Gasteiger partial charge in [0.15, 0.2) is 0 Å². The average molecular weight is 254 g/mol. The summed E-state index contributed by atoms with van der Waals surface area (Å²) in [4.78, 5) is 6.75. The van der Waals surface area contributed by atoms with Gasteiger partial charge in [-0.3, -0.25) is 0 Å². The molecular formula is C13H26N4O. The van der Waals surface area contributed by atoms with Gasteiger partial charge in [-0.25, -0.2) is 4.98 Å². The predicted molar refractivity (Wildman–Crippen MR) is 75.0 cm³/mol. The molecule has 1 heterocycles. The Bertz CT molecular complexity index is 323. The lowest BCUT2D eigenvalue weighted by Crippen LogP contribution is -2.35. The Morgan fingerprint density at radius 1 is 1.44 bits per heavy atom. The molecule has 5 heteroatoms. The Kier molecular flexibility index (Phi) is 6.75. The zero-order valence-corrected chi connectivity index (χ0v) is 12.0. The number of nitrogens with zero attached hydrogens (tertiary/aromatic N) is 3. The van der Waals surface area contributed by atoms with Crippen molar-refractivity contribution in [2.45, 2.75) is 33.4 Å². The first kappa shape index (κ1) is 15.0. The first-order chi connectivity index (χ1) is 8.71. The van der Waals surface area contributed by atoms with E-state index in [9.17, 15) is 0 Å². The highest BCUT2D eigenvalue weighted by Gasteiger charge is 2.09. The van der Waals surface area contributed by atoms with E-state index in [-0.39, 0.29) is 0 Å². The number of hydrogen-bond acceptors (Lipinski definition) is 4. The van der Waals surface area contributed by atoms with Gasteiger partial charge in [-0.05, 0) is 20.0 Å². The van der Waals surface area contributed by atoms with Crippen LogP contribution in [0.5, 0.6) is 0 Å². The van der Waals surface area contributed by atoms with E-state index in [4.69, 9.17) is 4.74 Å². The molecule has 0 radical (unpaired) electrons. The largest absolute Gasteiger partial charge is 0.383 e. The maximum atomic E-state index is 5.09. The molecule has 0 aliphatic rings. The number of rotatable bonds is 9. The van der Waals surface area contributed by atoms with Crippen molar-refractivity contribution in [1.29, 1.82) is 0 Å². The van der Waals surface area contributed by atoms with Crippen LogP contribution in [0, 0.1) is 0 Å². The number of imidazole rings is 1. The third-order valence-corrected chi connectivity index (χ3v) is 3.05. The second-order valence-corrected chi connectivity index (χ2v) is 4.47. The summed E-state index contributed by atoms with van der Waals surface area (Å²) in [5, 5.41) is 3.45. The monoisotopic (exact) mass is 254 g/mol. The van der Waals surface area contributed by atoms with Crippen LogP contribution in [-0.4, -0.2) is 53.8 Å². The molecule has 0 amide bonds. The normalized spacial score (nSPS) is 12.9. The lowest BCUT2D eigenvalue weighted by molar-refractivity contribution is 0.187. The van der Waals surface area contributed by atoms with Crippen LogP contribution >= 0.6 is 0 Å². The van der Waals surface area contributed by atoms with E-state index in [1.54, 1.807) is 7.11 Å². The van der Waals surface area contributed by atoms with Crippen LogP contribution in [-0.2, 0) is 11.3 Å². The van der Waals surface area contributed by atoms with Crippen LogP contribution in [0.25, 0.3) is 0 Å². The van der Waals surface area contributed by atoms with Gasteiger partial charge in [0.1, 0.15) is 0 Å². The minimum atomic E-state index is 0.383.